The van der Waals surface area contributed by atoms with Gasteiger partial charge < -0.3 is 10.1 Å². The van der Waals surface area contributed by atoms with Crippen LogP contribution in [0.1, 0.15) is 5.56 Å². The first-order chi connectivity index (χ1) is 7.38. The van der Waals surface area contributed by atoms with E-state index in [2.05, 4.69) is 20.5 Å². The Morgan fingerprint density at radius 2 is 2.33 bits per heavy atom. The molecule has 0 bridgehead atoms. The number of pyridine rings is 1. The molecule has 0 aliphatic carbocycles. The van der Waals surface area contributed by atoms with Crippen molar-refractivity contribution in [2.75, 3.05) is 12.4 Å². The molecule has 0 unspecified atom stereocenters. The molecular weight excluding hydrogens is 192 g/mol. The molecule has 0 spiro atoms. The molecule has 0 atom stereocenters. The van der Waals surface area contributed by atoms with Gasteiger partial charge in [-0.05, 0) is 12.1 Å². The Morgan fingerprint density at radius 3 is 2.93 bits per heavy atom. The summed E-state index contributed by atoms with van der Waals surface area (Å²) in [6.07, 6.45) is 5.30. The van der Waals surface area contributed by atoms with E-state index in [9.17, 15) is 0 Å². The molecule has 2 aromatic heterocycles. The van der Waals surface area contributed by atoms with Crippen LogP contribution < -0.4 is 10.1 Å². The van der Waals surface area contributed by atoms with Gasteiger partial charge in [-0.2, -0.15) is 5.10 Å². The van der Waals surface area contributed by atoms with Crippen molar-refractivity contribution in [3.05, 3.63) is 36.3 Å². The van der Waals surface area contributed by atoms with Gasteiger partial charge in [-0.25, -0.2) is 4.98 Å². The Hall–Kier alpha value is -2.04. The molecule has 0 aromatic carbocycles. The van der Waals surface area contributed by atoms with E-state index in [0.717, 1.165) is 17.1 Å². The van der Waals surface area contributed by atoms with Gasteiger partial charge in [0.05, 0.1) is 19.5 Å². The Bertz CT molecular complexity index is 396. The fraction of sp³-hybridized carbons (Fsp3) is 0.200. The summed E-state index contributed by atoms with van der Waals surface area (Å²) in [5, 5.41) is 9.78. The first kappa shape index (κ1) is 9.51. The number of nitrogens with one attached hydrogen (secondary N) is 2. The second-order valence-corrected chi connectivity index (χ2v) is 3.04. The van der Waals surface area contributed by atoms with Gasteiger partial charge in [0.15, 0.2) is 0 Å². The van der Waals surface area contributed by atoms with Crippen molar-refractivity contribution in [1.82, 2.24) is 15.2 Å². The second-order valence-electron chi connectivity index (χ2n) is 3.04. The molecular formula is C10H12N4O. The third-order valence-electron chi connectivity index (χ3n) is 2.00. The maximum absolute atomic E-state index is 5.01. The maximum atomic E-state index is 5.01. The lowest BCUT2D eigenvalue weighted by atomic mass is 10.3. The van der Waals surface area contributed by atoms with Gasteiger partial charge in [0.2, 0.25) is 0 Å². The van der Waals surface area contributed by atoms with E-state index < -0.39 is 0 Å². The number of hydrogen-bond donors (Lipinski definition) is 2. The predicted molar refractivity (Wildman–Crippen MR) is 56.7 cm³/mol. The highest BCUT2D eigenvalue weighted by Crippen LogP contribution is 2.11. The summed E-state index contributed by atoms with van der Waals surface area (Å²) in [7, 11) is 1.62. The minimum Gasteiger partial charge on any atom is -0.495 e. The summed E-state index contributed by atoms with van der Waals surface area (Å²) < 4.78 is 5.01. The lowest BCUT2D eigenvalue weighted by Crippen LogP contribution is -2.00. The largest absolute Gasteiger partial charge is 0.495 e. The first-order valence-corrected chi connectivity index (χ1v) is 4.60. The predicted octanol–water partition coefficient (Wildman–Crippen LogP) is 1.43. The summed E-state index contributed by atoms with van der Waals surface area (Å²) in [4.78, 5) is 4.18. The van der Waals surface area contributed by atoms with Gasteiger partial charge in [0.25, 0.3) is 0 Å². The number of methoxy groups -OCH3 is 1. The van der Waals surface area contributed by atoms with Gasteiger partial charge in [-0.3, -0.25) is 5.10 Å². The summed E-state index contributed by atoms with van der Waals surface area (Å²) in [6.45, 7) is 0.704. The zero-order chi connectivity index (χ0) is 10.5. The zero-order valence-electron chi connectivity index (χ0n) is 8.40. The second kappa shape index (κ2) is 4.45. The van der Waals surface area contributed by atoms with Crippen LogP contribution in [-0.4, -0.2) is 22.3 Å². The van der Waals surface area contributed by atoms with Crippen LogP contribution in [0, 0.1) is 0 Å². The van der Waals surface area contributed by atoms with Crippen LogP contribution in [0.3, 0.4) is 0 Å². The van der Waals surface area contributed by atoms with Crippen molar-refractivity contribution in [2.24, 2.45) is 0 Å². The molecule has 0 fully saturated rings. The average Bonchev–Trinajstić information content (AvgIpc) is 2.80. The lowest BCUT2D eigenvalue weighted by molar-refractivity contribution is 0.413. The Morgan fingerprint density at radius 1 is 1.40 bits per heavy atom. The van der Waals surface area contributed by atoms with Gasteiger partial charge >= 0.3 is 0 Å². The minimum absolute atomic E-state index is 0.704. The molecule has 2 heterocycles. The van der Waals surface area contributed by atoms with E-state index in [4.69, 9.17) is 4.74 Å². The standard InChI is InChI=1S/C10H12N4O/c1-15-9-2-3-10(12-7-9)11-4-8-5-13-14-6-8/h2-3,5-7H,4H2,1H3,(H,11,12)(H,13,14). The van der Waals surface area contributed by atoms with E-state index in [1.807, 2.05) is 18.3 Å². The molecule has 15 heavy (non-hydrogen) atoms. The first-order valence-electron chi connectivity index (χ1n) is 4.60. The normalized spacial score (nSPS) is 9.93. The molecule has 5 nitrogen and oxygen atoms in total. The van der Waals surface area contributed by atoms with Crippen LogP contribution in [0.15, 0.2) is 30.7 Å². The van der Waals surface area contributed by atoms with Crippen LogP contribution in [0.5, 0.6) is 5.75 Å². The molecule has 78 valence electrons. The number of hydrogen-bond acceptors (Lipinski definition) is 4. The van der Waals surface area contributed by atoms with Crippen molar-refractivity contribution >= 4 is 5.82 Å². The van der Waals surface area contributed by atoms with E-state index in [-0.39, 0.29) is 0 Å². The highest BCUT2D eigenvalue weighted by molar-refractivity contribution is 5.37. The molecule has 2 aromatic rings. The van der Waals surface area contributed by atoms with Crippen LogP contribution in [0.4, 0.5) is 5.82 Å². The third-order valence-corrected chi connectivity index (χ3v) is 2.00. The smallest absolute Gasteiger partial charge is 0.137 e. The zero-order valence-corrected chi connectivity index (χ0v) is 8.40. The van der Waals surface area contributed by atoms with E-state index in [1.165, 1.54) is 0 Å². The quantitative estimate of drug-likeness (QED) is 0.790. The van der Waals surface area contributed by atoms with E-state index >= 15 is 0 Å². The lowest BCUT2D eigenvalue weighted by Gasteiger charge is -2.04. The van der Waals surface area contributed by atoms with E-state index in [0.29, 0.717) is 6.54 Å². The van der Waals surface area contributed by atoms with Crippen molar-refractivity contribution < 1.29 is 4.74 Å². The summed E-state index contributed by atoms with van der Waals surface area (Å²) in [5.41, 5.74) is 1.09. The van der Waals surface area contributed by atoms with Crippen molar-refractivity contribution in [3.8, 4) is 5.75 Å². The Kier molecular flexibility index (Phi) is 2.82. The fourth-order valence-corrected chi connectivity index (χ4v) is 1.17. The number of ether oxygens (including phenoxy) is 1. The third kappa shape index (κ3) is 2.46. The fourth-order valence-electron chi connectivity index (χ4n) is 1.17. The molecule has 2 N–H and O–H groups in total. The molecule has 0 amide bonds. The summed E-state index contributed by atoms with van der Waals surface area (Å²) >= 11 is 0. The number of aromatic amines is 1. The van der Waals surface area contributed by atoms with Gasteiger partial charge in [0, 0.05) is 18.3 Å². The van der Waals surface area contributed by atoms with Crippen LogP contribution >= 0.6 is 0 Å². The SMILES string of the molecule is COc1ccc(NCc2cn[nH]c2)nc1. The Labute approximate surface area is 87.5 Å². The van der Waals surface area contributed by atoms with Gasteiger partial charge in [-0.15, -0.1) is 0 Å². The number of nitrogens with zero attached hydrogens (tertiary/aromatic N) is 2. The monoisotopic (exact) mass is 204 g/mol. The summed E-state index contributed by atoms with van der Waals surface area (Å²) in [5.74, 6) is 1.57. The molecule has 0 saturated carbocycles. The molecule has 5 heteroatoms. The molecule has 0 aliphatic rings. The van der Waals surface area contributed by atoms with Crippen molar-refractivity contribution in [2.45, 2.75) is 6.54 Å². The number of aromatic nitrogens is 3. The maximum Gasteiger partial charge on any atom is 0.137 e. The number of rotatable bonds is 4. The Balaban J connectivity index is 1.93. The molecule has 0 aliphatic heterocycles. The van der Waals surface area contributed by atoms with Crippen molar-refractivity contribution in [3.63, 3.8) is 0 Å². The van der Waals surface area contributed by atoms with Gasteiger partial charge in [0.1, 0.15) is 11.6 Å². The number of anilines is 1. The van der Waals surface area contributed by atoms with Crippen LogP contribution in [-0.2, 0) is 6.54 Å². The average molecular weight is 204 g/mol. The molecule has 2 rings (SSSR count). The molecule has 0 radical (unpaired) electrons. The highest BCUT2D eigenvalue weighted by Gasteiger charge is 1.96. The number of H-pyrrole nitrogens is 1. The van der Waals surface area contributed by atoms with Gasteiger partial charge in [-0.1, -0.05) is 0 Å². The van der Waals surface area contributed by atoms with E-state index in [1.54, 1.807) is 19.5 Å². The minimum atomic E-state index is 0.704. The highest BCUT2D eigenvalue weighted by atomic mass is 16.5. The molecule has 0 saturated heterocycles. The van der Waals surface area contributed by atoms with Crippen molar-refractivity contribution in [1.29, 1.82) is 0 Å². The topological polar surface area (TPSA) is 62.8 Å². The van der Waals surface area contributed by atoms with Crippen LogP contribution in [0.25, 0.3) is 0 Å². The van der Waals surface area contributed by atoms with Crippen LogP contribution in [0.2, 0.25) is 0 Å². The summed E-state index contributed by atoms with van der Waals surface area (Å²) in [6, 6.07) is 3.74.